The largest absolute Gasteiger partial charge is 0.469 e. The molecule has 0 N–H and O–H groups in total. The van der Waals surface area contributed by atoms with Crippen molar-refractivity contribution in [3.63, 3.8) is 0 Å². The van der Waals surface area contributed by atoms with Crippen LogP contribution in [-0.4, -0.2) is 28.4 Å². The fourth-order valence-corrected chi connectivity index (χ4v) is 4.54. The Labute approximate surface area is 175 Å². The minimum atomic E-state index is -0.263. The molecular formula is C24H27N3O3. The number of hydrogen-bond donors (Lipinski definition) is 0. The van der Waals surface area contributed by atoms with Gasteiger partial charge in [0.15, 0.2) is 0 Å². The average molecular weight is 405 g/mol. The van der Waals surface area contributed by atoms with E-state index in [1.54, 1.807) is 4.57 Å². The van der Waals surface area contributed by atoms with Crippen molar-refractivity contribution in [2.45, 2.75) is 51.6 Å². The molecule has 1 aliphatic rings. The van der Waals surface area contributed by atoms with Gasteiger partial charge in [0.1, 0.15) is 0 Å². The van der Waals surface area contributed by atoms with E-state index >= 15 is 0 Å². The second-order valence-electron chi connectivity index (χ2n) is 8.03. The highest BCUT2D eigenvalue weighted by Crippen LogP contribution is 2.41. The second-order valence-corrected chi connectivity index (χ2v) is 8.03. The van der Waals surface area contributed by atoms with Gasteiger partial charge in [-0.1, -0.05) is 24.3 Å². The lowest BCUT2D eigenvalue weighted by Gasteiger charge is -2.21. The number of carbonyl (C=O) groups excluding carboxylic acids is 1. The van der Waals surface area contributed by atoms with Crippen molar-refractivity contribution in [2.75, 3.05) is 7.11 Å². The zero-order valence-electron chi connectivity index (χ0n) is 17.8. The van der Waals surface area contributed by atoms with Gasteiger partial charge in [-0.15, -0.1) is 0 Å². The molecule has 3 atom stereocenters. The number of carbonyl (C=O) groups is 1. The number of methoxy groups -OCH3 is 1. The fourth-order valence-electron chi connectivity index (χ4n) is 4.54. The van der Waals surface area contributed by atoms with Gasteiger partial charge in [0, 0.05) is 30.6 Å². The van der Waals surface area contributed by atoms with E-state index in [9.17, 15) is 9.59 Å². The Morgan fingerprint density at radius 1 is 1.10 bits per heavy atom. The van der Waals surface area contributed by atoms with Crippen LogP contribution in [0.2, 0.25) is 0 Å². The molecule has 0 aliphatic carbocycles. The topological polar surface area (TPSA) is 65.6 Å². The zero-order chi connectivity index (χ0) is 21.4. The SMILES string of the molecule is COC(=O)CCC(C)n1c(=O)n(C(C)C2C=Nc3cccc(C)c32)c2ccccc21. The number of para-hydroxylation sites is 2. The Bertz CT molecular complexity index is 1190. The molecule has 30 heavy (non-hydrogen) atoms. The van der Waals surface area contributed by atoms with Gasteiger partial charge in [-0.3, -0.25) is 18.9 Å². The van der Waals surface area contributed by atoms with E-state index in [0.29, 0.717) is 6.42 Å². The molecule has 2 aromatic carbocycles. The van der Waals surface area contributed by atoms with Crippen LogP contribution in [0.5, 0.6) is 0 Å². The highest BCUT2D eigenvalue weighted by atomic mass is 16.5. The van der Waals surface area contributed by atoms with Crippen molar-refractivity contribution in [1.82, 2.24) is 9.13 Å². The molecule has 0 spiro atoms. The van der Waals surface area contributed by atoms with Crippen LogP contribution in [0.1, 0.15) is 55.8 Å². The third-order valence-corrected chi connectivity index (χ3v) is 6.18. The van der Waals surface area contributed by atoms with Crippen LogP contribution >= 0.6 is 0 Å². The number of nitrogens with zero attached hydrogens (tertiary/aromatic N) is 3. The summed E-state index contributed by atoms with van der Waals surface area (Å²) < 4.78 is 8.45. The number of rotatable bonds is 6. The van der Waals surface area contributed by atoms with Gasteiger partial charge in [0.05, 0.1) is 23.8 Å². The first-order chi connectivity index (χ1) is 14.4. The van der Waals surface area contributed by atoms with Crippen molar-refractivity contribution in [3.05, 3.63) is 64.1 Å². The van der Waals surface area contributed by atoms with Gasteiger partial charge in [-0.2, -0.15) is 0 Å². The van der Waals surface area contributed by atoms with Crippen molar-refractivity contribution in [2.24, 2.45) is 4.99 Å². The van der Waals surface area contributed by atoms with Crippen LogP contribution in [0.3, 0.4) is 0 Å². The number of aromatic nitrogens is 2. The van der Waals surface area contributed by atoms with Crippen LogP contribution in [0.25, 0.3) is 11.0 Å². The Morgan fingerprint density at radius 3 is 2.50 bits per heavy atom. The summed E-state index contributed by atoms with van der Waals surface area (Å²) in [5, 5.41) is 0. The van der Waals surface area contributed by atoms with Crippen molar-refractivity contribution >= 4 is 28.9 Å². The maximum absolute atomic E-state index is 13.6. The summed E-state index contributed by atoms with van der Waals surface area (Å²) in [6.07, 6.45) is 2.78. The molecule has 3 aromatic rings. The molecule has 0 amide bonds. The number of benzene rings is 2. The molecule has 1 aliphatic heterocycles. The monoisotopic (exact) mass is 405 g/mol. The molecule has 0 bridgehead atoms. The van der Waals surface area contributed by atoms with Crippen LogP contribution < -0.4 is 5.69 Å². The molecule has 1 aromatic heterocycles. The number of aryl methyl sites for hydroxylation is 1. The molecule has 0 fully saturated rings. The second kappa shape index (κ2) is 7.94. The summed E-state index contributed by atoms with van der Waals surface area (Å²) >= 11 is 0. The predicted molar refractivity (Wildman–Crippen MR) is 119 cm³/mol. The van der Waals surface area contributed by atoms with Gasteiger partial charge in [0.25, 0.3) is 0 Å². The lowest BCUT2D eigenvalue weighted by Crippen LogP contribution is -2.31. The highest BCUT2D eigenvalue weighted by molar-refractivity contribution is 5.83. The minimum Gasteiger partial charge on any atom is -0.469 e. The number of fused-ring (bicyclic) bond motifs is 2. The third kappa shape index (κ3) is 3.26. The number of imidazole rings is 1. The van der Waals surface area contributed by atoms with Gasteiger partial charge >= 0.3 is 11.7 Å². The summed E-state index contributed by atoms with van der Waals surface area (Å²) in [5.74, 6) is -0.232. The Morgan fingerprint density at radius 2 is 1.80 bits per heavy atom. The molecule has 0 saturated carbocycles. The Hall–Kier alpha value is -3.15. The van der Waals surface area contributed by atoms with E-state index in [1.807, 2.05) is 54.1 Å². The molecule has 6 nitrogen and oxygen atoms in total. The van der Waals surface area contributed by atoms with Gasteiger partial charge < -0.3 is 4.74 Å². The molecule has 3 unspecified atom stereocenters. The number of aliphatic imine (C=N–C) groups is 1. The predicted octanol–water partition coefficient (Wildman–Crippen LogP) is 4.69. The van der Waals surface area contributed by atoms with Crippen LogP contribution in [0.15, 0.2) is 52.3 Å². The van der Waals surface area contributed by atoms with Crippen molar-refractivity contribution in [1.29, 1.82) is 0 Å². The summed E-state index contributed by atoms with van der Waals surface area (Å²) in [4.78, 5) is 29.8. The van der Waals surface area contributed by atoms with E-state index in [0.717, 1.165) is 16.7 Å². The first-order valence-electron chi connectivity index (χ1n) is 10.4. The first-order valence-corrected chi connectivity index (χ1v) is 10.4. The number of esters is 1. The van der Waals surface area contributed by atoms with Gasteiger partial charge in [-0.25, -0.2) is 4.79 Å². The van der Waals surface area contributed by atoms with Crippen LogP contribution in [0.4, 0.5) is 5.69 Å². The molecule has 156 valence electrons. The molecular weight excluding hydrogens is 378 g/mol. The maximum atomic E-state index is 13.6. The van der Waals surface area contributed by atoms with Crippen LogP contribution in [-0.2, 0) is 9.53 Å². The lowest BCUT2D eigenvalue weighted by atomic mass is 9.90. The minimum absolute atomic E-state index is 0.0310. The normalized spacial score (nSPS) is 17.1. The average Bonchev–Trinajstić information content (AvgIpc) is 3.30. The number of hydrogen-bond acceptors (Lipinski definition) is 4. The van der Waals surface area contributed by atoms with E-state index in [4.69, 9.17) is 4.74 Å². The first kappa shape index (κ1) is 20.1. The quantitative estimate of drug-likeness (QED) is 0.559. The van der Waals surface area contributed by atoms with E-state index in [1.165, 1.54) is 18.2 Å². The van der Waals surface area contributed by atoms with Crippen molar-refractivity contribution in [3.8, 4) is 0 Å². The van der Waals surface area contributed by atoms with Crippen LogP contribution in [0, 0.1) is 6.92 Å². The van der Waals surface area contributed by atoms with Crippen molar-refractivity contribution < 1.29 is 9.53 Å². The van der Waals surface area contributed by atoms with E-state index in [-0.39, 0.29) is 36.1 Å². The Balaban J connectivity index is 1.78. The highest BCUT2D eigenvalue weighted by Gasteiger charge is 2.30. The summed E-state index contributed by atoms with van der Waals surface area (Å²) in [7, 11) is 1.38. The smallest absolute Gasteiger partial charge is 0.329 e. The fraction of sp³-hybridized carbons (Fsp3) is 0.375. The molecule has 2 heterocycles. The summed E-state index contributed by atoms with van der Waals surface area (Å²) in [6.45, 7) is 6.14. The number of ether oxygens (including phenoxy) is 1. The molecule has 0 radical (unpaired) electrons. The Kier molecular flexibility index (Phi) is 5.33. The zero-order valence-corrected chi connectivity index (χ0v) is 17.8. The summed E-state index contributed by atoms with van der Waals surface area (Å²) in [6, 6.07) is 13.8. The molecule has 6 heteroatoms. The van der Waals surface area contributed by atoms with Gasteiger partial charge in [-0.05, 0) is 56.5 Å². The van der Waals surface area contributed by atoms with E-state index in [2.05, 4.69) is 24.9 Å². The van der Waals surface area contributed by atoms with E-state index < -0.39 is 0 Å². The van der Waals surface area contributed by atoms with Gasteiger partial charge in [0.2, 0.25) is 0 Å². The molecule has 4 rings (SSSR count). The standard InChI is InChI=1S/C24H27N3O3/c1-15-8-7-9-19-23(15)18(14-25-19)17(3)27-21-11-6-5-10-20(21)26(24(27)29)16(2)12-13-22(28)30-4/h5-11,14,16-18H,12-13H2,1-4H3. The maximum Gasteiger partial charge on any atom is 0.329 e. The lowest BCUT2D eigenvalue weighted by molar-refractivity contribution is -0.140. The third-order valence-electron chi connectivity index (χ3n) is 6.18. The summed E-state index contributed by atoms with van der Waals surface area (Å²) in [5.41, 5.74) is 5.08. The molecule has 0 saturated heterocycles.